The molecule has 3 aromatic rings. The number of halogens is 1. The van der Waals surface area contributed by atoms with Crippen LogP contribution in [0.1, 0.15) is 25.6 Å². The van der Waals surface area contributed by atoms with Crippen molar-refractivity contribution in [3.63, 3.8) is 0 Å². The molecule has 0 radical (unpaired) electrons. The van der Waals surface area contributed by atoms with E-state index in [2.05, 4.69) is 20.4 Å². The molecule has 0 aliphatic carbocycles. The molecular formula is C25H27FN4O2S. The molecule has 2 N–H and O–H groups in total. The Kier molecular flexibility index (Phi) is 7.70. The van der Waals surface area contributed by atoms with Crippen LogP contribution in [-0.4, -0.2) is 56.0 Å². The average molecular weight is 467 g/mol. The molecule has 33 heavy (non-hydrogen) atoms. The number of benzene rings is 2. The van der Waals surface area contributed by atoms with E-state index < -0.39 is 0 Å². The van der Waals surface area contributed by atoms with Crippen molar-refractivity contribution in [2.24, 2.45) is 0 Å². The molecule has 2 amide bonds. The summed E-state index contributed by atoms with van der Waals surface area (Å²) in [5, 5.41) is 7.73. The third-order valence-electron chi connectivity index (χ3n) is 5.69. The lowest BCUT2D eigenvalue weighted by Crippen LogP contribution is -2.48. The minimum Gasteiger partial charge on any atom is -0.369 e. The minimum absolute atomic E-state index is 0.0923. The van der Waals surface area contributed by atoms with E-state index >= 15 is 0 Å². The normalized spacial score (nSPS) is 14.2. The van der Waals surface area contributed by atoms with Crippen LogP contribution in [0.4, 0.5) is 10.1 Å². The summed E-state index contributed by atoms with van der Waals surface area (Å²) in [5.41, 5.74) is 2.58. The van der Waals surface area contributed by atoms with Crippen molar-refractivity contribution in [2.45, 2.75) is 6.54 Å². The second kappa shape index (κ2) is 11.1. The molecule has 8 heteroatoms. The predicted molar refractivity (Wildman–Crippen MR) is 129 cm³/mol. The summed E-state index contributed by atoms with van der Waals surface area (Å²) in [5.74, 6) is -0.414. The van der Waals surface area contributed by atoms with Crippen LogP contribution in [0.5, 0.6) is 0 Å². The maximum atomic E-state index is 13.1. The first kappa shape index (κ1) is 22.9. The van der Waals surface area contributed by atoms with Crippen LogP contribution in [0.15, 0.2) is 66.0 Å². The largest absolute Gasteiger partial charge is 0.369 e. The van der Waals surface area contributed by atoms with Crippen LogP contribution in [0.2, 0.25) is 0 Å². The first-order valence-corrected chi connectivity index (χ1v) is 11.9. The summed E-state index contributed by atoms with van der Waals surface area (Å²) in [4.78, 5) is 29.7. The number of carbonyl (C=O) groups excluding carboxylic acids is 2. The van der Waals surface area contributed by atoms with E-state index in [4.69, 9.17) is 0 Å². The van der Waals surface area contributed by atoms with Gasteiger partial charge in [-0.3, -0.25) is 14.5 Å². The molecule has 2 aromatic carbocycles. The van der Waals surface area contributed by atoms with Gasteiger partial charge in [0.25, 0.3) is 11.8 Å². The van der Waals surface area contributed by atoms with E-state index in [9.17, 15) is 14.0 Å². The summed E-state index contributed by atoms with van der Waals surface area (Å²) in [6.07, 6.45) is 0. The second-order valence-electron chi connectivity index (χ2n) is 7.92. The van der Waals surface area contributed by atoms with Crippen LogP contribution in [-0.2, 0) is 6.54 Å². The molecule has 172 valence electrons. The molecular weight excluding hydrogens is 439 g/mol. The fourth-order valence-electron chi connectivity index (χ4n) is 3.76. The molecule has 0 unspecified atom stereocenters. The first-order chi connectivity index (χ1) is 16.1. The second-order valence-corrected chi connectivity index (χ2v) is 8.87. The van der Waals surface area contributed by atoms with Gasteiger partial charge in [-0.05, 0) is 53.4 Å². The monoisotopic (exact) mass is 466 g/mol. The smallest absolute Gasteiger partial charge is 0.261 e. The van der Waals surface area contributed by atoms with Gasteiger partial charge in [0.2, 0.25) is 0 Å². The van der Waals surface area contributed by atoms with Crippen molar-refractivity contribution in [3.05, 3.63) is 87.9 Å². The number of anilines is 1. The topological polar surface area (TPSA) is 64.7 Å². The molecule has 0 spiro atoms. The summed E-state index contributed by atoms with van der Waals surface area (Å²) >= 11 is 1.41. The van der Waals surface area contributed by atoms with Crippen molar-refractivity contribution in [1.29, 1.82) is 0 Å². The summed E-state index contributed by atoms with van der Waals surface area (Å²) in [6.45, 7) is 5.35. The Balaban J connectivity index is 1.16. The first-order valence-electron chi connectivity index (χ1n) is 11.0. The van der Waals surface area contributed by atoms with Gasteiger partial charge in [0.1, 0.15) is 5.82 Å². The van der Waals surface area contributed by atoms with E-state index in [1.807, 2.05) is 35.7 Å². The molecule has 1 fully saturated rings. The number of hydrogen-bond donors (Lipinski definition) is 2. The van der Waals surface area contributed by atoms with Crippen LogP contribution >= 0.6 is 11.3 Å². The molecule has 1 aliphatic rings. The Bertz CT molecular complexity index is 1050. The third-order valence-corrected chi connectivity index (χ3v) is 6.56. The maximum absolute atomic E-state index is 13.1. The van der Waals surface area contributed by atoms with Gasteiger partial charge in [0, 0.05) is 57.1 Å². The minimum atomic E-state index is -0.219. The van der Waals surface area contributed by atoms with Crippen LogP contribution in [0, 0.1) is 5.82 Å². The molecule has 0 atom stereocenters. The van der Waals surface area contributed by atoms with E-state index in [1.54, 1.807) is 18.2 Å². The van der Waals surface area contributed by atoms with E-state index in [-0.39, 0.29) is 17.6 Å². The zero-order valence-corrected chi connectivity index (χ0v) is 19.1. The highest BCUT2D eigenvalue weighted by molar-refractivity contribution is 7.12. The van der Waals surface area contributed by atoms with E-state index in [1.165, 1.54) is 23.5 Å². The molecule has 4 rings (SSSR count). The van der Waals surface area contributed by atoms with Gasteiger partial charge in [-0.2, -0.15) is 0 Å². The van der Waals surface area contributed by atoms with Crippen molar-refractivity contribution < 1.29 is 14.0 Å². The Morgan fingerprint density at radius 1 is 0.879 bits per heavy atom. The predicted octanol–water partition coefficient (Wildman–Crippen LogP) is 3.37. The van der Waals surface area contributed by atoms with Crippen molar-refractivity contribution in [1.82, 2.24) is 15.5 Å². The fraction of sp³-hybridized carbons (Fsp3) is 0.280. The highest BCUT2D eigenvalue weighted by Crippen LogP contribution is 2.16. The maximum Gasteiger partial charge on any atom is 0.261 e. The zero-order valence-electron chi connectivity index (χ0n) is 18.3. The number of piperazine rings is 1. The number of carbonyl (C=O) groups is 2. The quantitative estimate of drug-likeness (QED) is 0.534. The van der Waals surface area contributed by atoms with Crippen molar-refractivity contribution in [3.8, 4) is 0 Å². The highest BCUT2D eigenvalue weighted by atomic mass is 32.1. The lowest BCUT2D eigenvalue weighted by Gasteiger charge is -2.36. The Hall–Kier alpha value is -3.23. The SMILES string of the molecule is O=C(NCCN1CCN(c2ccc(F)cc2)CC1)c1ccc(CNC(=O)c2cccs2)cc1. The number of nitrogens with one attached hydrogen (secondary N) is 2. The number of nitrogens with zero attached hydrogens (tertiary/aromatic N) is 2. The Labute approximate surface area is 197 Å². The lowest BCUT2D eigenvalue weighted by molar-refractivity contribution is 0.0941. The van der Waals surface area contributed by atoms with Crippen molar-refractivity contribution >= 4 is 28.8 Å². The third kappa shape index (κ3) is 6.40. The summed E-state index contributed by atoms with van der Waals surface area (Å²) in [6, 6.07) is 17.5. The Morgan fingerprint density at radius 2 is 1.61 bits per heavy atom. The Morgan fingerprint density at radius 3 is 2.27 bits per heavy atom. The molecule has 0 saturated carbocycles. The van der Waals surface area contributed by atoms with Gasteiger partial charge in [0.05, 0.1) is 4.88 Å². The zero-order chi connectivity index (χ0) is 23.0. The van der Waals surface area contributed by atoms with Gasteiger partial charge in [0.15, 0.2) is 0 Å². The summed E-state index contributed by atoms with van der Waals surface area (Å²) < 4.78 is 13.1. The van der Waals surface area contributed by atoms with Gasteiger partial charge in [-0.1, -0.05) is 18.2 Å². The molecule has 6 nitrogen and oxygen atoms in total. The number of thiophene rings is 1. The van der Waals surface area contributed by atoms with Crippen molar-refractivity contribution in [2.75, 3.05) is 44.2 Å². The number of hydrogen-bond acceptors (Lipinski definition) is 5. The van der Waals surface area contributed by atoms with Gasteiger partial charge in [-0.25, -0.2) is 4.39 Å². The highest BCUT2D eigenvalue weighted by Gasteiger charge is 2.17. The molecule has 1 saturated heterocycles. The van der Waals surface area contributed by atoms with Crippen LogP contribution in [0.25, 0.3) is 0 Å². The standard InChI is InChI=1S/C25H27FN4O2S/c26-21-7-9-22(10-8-21)30-15-13-29(14-16-30)12-11-27-24(31)20-5-3-19(4-6-20)18-28-25(32)23-2-1-17-33-23/h1-10,17H,11-16,18H2,(H,27,31)(H,28,32). The average Bonchev–Trinajstić information content (AvgIpc) is 3.39. The summed E-state index contributed by atoms with van der Waals surface area (Å²) in [7, 11) is 0. The number of rotatable bonds is 8. The van der Waals surface area contributed by atoms with Gasteiger partial charge in [-0.15, -0.1) is 11.3 Å². The van der Waals surface area contributed by atoms with E-state index in [0.717, 1.165) is 44.0 Å². The van der Waals surface area contributed by atoms with E-state index in [0.29, 0.717) is 23.5 Å². The van der Waals surface area contributed by atoms with Gasteiger partial charge < -0.3 is 15.5 Å². The molecule has 0 bridgehead atoms. The van der Waals surface area contributed by atoms with Crippen LogP contribution < -0.4 is 15.5 Å². The molecule has 2 heterocycles. The van der Waals surface area contributed by atoms with Gasteiger partial charge >= 0.3 is 0 Å². The molecule has 1 aliphatic heterocycles. The van der Waals surface area contributed by atoms with Crippen LogP contribution in [0.3, 0.4) is 0 Å². The molecule has 1 aromatic heterocycles. The fourth-order valence-corrected chi connectivity index (χ4v) is 4.40. The number of amides is 2. The lowest BCUT2D eigenvalue weighted by atomic mass is 10.1.